The Morgan fingerprint density at radius 2 is 0.784 bits per heavy atom. The Hall–Kier alpha value is -6.22. The molecule has 0 spiro atoms. The number of thioether (sulfide) groups is 2. The third-order valence-corrected chi connectivity index (χ3v) is 15.7. The van der Waals surface area contributed by atoms with Crippen LogP contribution < -0.4 is 48.7 Å². The van der Waals surface area contributed by atoms with E-state index in [1.54, 1.807) is 64.9 Å². The van der Waals surface area contributed by atoms with E-state index < -0.39 is 47.9 Å². The van der Waals surface area contributed by atoms with Crippen molar-refractivity contribution in [1.29, 1.82) is 0 Å². The summed E-state index contributed by atoms with van der Waals surface area (Å²) in [4.78, 5) is 104. The van der Waals surface area contributed by atoms with Gasteiger partial charge in [-0.05, 0) is 32.2 Å². The lowest BCUT2D eigenvalue weighted by Gasteiger charge is -2.24. The van der Waals surface area contributed by atoms with Gasteiger partial charge in [0.2, 0.25) is 0 Å². The highest BCUT2D eigenvalue weighted by Gasteiger charge is 2.25. The largest absolute Gasteiger partial charge is 1.00 e. The van der Waals surface area contributed by atoms with Crippen LogP contribution in [0.4, 0.5) is 0 Å². The first-order valence-electron chi connectivity index (χ1n) is 31.4. The van der Waals surface area contributed by atoms with E-state index in [0.29, 0.717) is 66.8 Å². The van der Waals surface area contributed by atoms with E-state index in [0.717, 1.165) is 89.5 Å². The summed E-state index contributed by atoms with van der Waals surface area (Å²) >= 11 is 11.7. The van der Waals surface area contributed by atoms with Crippen molar-refractivity contribution in [2.45, 2.75) is 80.0 Å². The smallest absolute Gasteiger partial charge is 0.326 e. The summed E-state index contributed by atoms with van der Waals surface area (Å²) in [6.07, 6.45) is 7.97. The van der Waals surface area contributed by atoms with Gasteiger partial charge in [0.05, 0.1) is 121 Å². The molecule has 0 bridgehead atoms. The second kappa shape index (κ2) is 58.1. The maximum atomic E-state index is 11.7. The molecular formula is C70H109Cl4N8O16S4+. The van der Waals surface area contributed by atoms with Crippen LogP contribution in [-0.2, 0) is 35.3 Å². The van der Waals surface area contributed by atoms with Gasteiger partial charge in [0.25, 0.3) is 0 Å². The summed E-state index contributed by atoms with van der Waals surface area (Å²) in [5, 5.41) is 58.2. The molecule has 0 saturated carbocycles. The number of nitrogens with two attached hydrogens (primary N) is 2. The molecule has 32 heteroatoms. The standard InChI is InChI=1S/C18H24N2O4S.C17H24N2O2S.2C8H6O2.C5H9NO4.2C5H13NS.C4H9NO2.4ClH/c1-20(2,3)10-11-25-17-14-7-5-4-6-13(14)12-19(17)15(18(23)24)8-9-16(21)22;1-19(2,3)11-12-22-17-15-8-5-4-7-14(15)13-18(17)10-6-9-16(20)21;2*9-5-7-3-1-2-4-8(7)6-10;6-3(5(9)10)1-2-4(7)8;2*1-6(2,3)4-5-7;5-3-1-2-4(6)7;;;;/h4-7,12,15H,8-11H2,1-3H3,(H-,21,22,23,24);4-5,7-8,13H,6,9-12H2,1-3H3;2*1-6H;3H,1-2,6H2,(H,7,8)(H,9,10);2*4-5H2,1-3H3;1-3,5H2,(H,6,7);4*1H/p+1. The van der Waals surface area contributed by atoms with E-state index in [2.05, 4.69) is 139 Å². The average Bonchev–Trinajstić information content (AvgIpc) is 1.65. The molecule has 0 saturated heterocycles. The van der Waals surface area contributed by atoms with Crippen molar-refractivity contribution in [1.82, 2.24) is 9.13 Å². The van der Waals surface area contributed by atoms with Crippen LogP contribution in [0, 0.1) is 0 Å². The number of nitrogens with zero attached hydrogens (tertiary/aromatic N) is 6. The highest BCUT2D eigenvalue weighted by atomic mass is 35.5. The number of carbonyl (C=O) groups excluding carboxylic acids is 4. The molecule has 0 aliphatic carbocycles. The number of carboxylic acid groups (broad SMARTS) is 6. The summed E-state index contributed by atoms with van der Waals surface area (Å²) < 4.78 is 7.76. The second-order valence-electron chi connectivity index (χ2n) is 26.0. The van der Waals surface area contributed by atoms with Gasteiger partial charge in [-0.3, -0.25) is 43.2 Å². The van der Waals surface area contributed by atoms with E-state index in [1.165, 1.54) is 15.8 Å². The molecule has 4 aromatic carbocycles. The van der Waals surface area contributed by atoms with Crippen LogP contribution in [0.2, 0.25) is 0 Å². The topological polar surface area (TPSA) is 354 Å². The molecule has 0 radical (unpaired) electrons. The van der Waals surface area contributed by atoms with Gasteiger partial charge in [0.15, 0.2) is 25.1 Å². The first-order valence-corrected chi connectivity index (χ1v) is 34.6. The van der Waals surface area contributed by atoms with Crippen LogP contribution >= 0.6 is 61.2 Å². The van der Waals surface area contributed by atoms with Crippen LogP contribution in [0.5, 0.6) is 0 Å². The molecule has 10 N–H and O–H groups in total. The number of hydrogen-bond donors (Lipinski definition) is 10. The molecule has 0 aliphatic rings. The van der Waals surface area contributed by atoms with Gasteiger partial charge in [-0.2, -0.15) is 25.3 Å². The monoisotopic (exact) mass is 1590 g/mol. The Bertz CT molecular complexity index is 3270. The molecule has 6 aromatic rings. The Morgan fingerprint density at radius 3 is 1.09 bits per heavy atom. The Kier molecular flexibility index (Phi) is 60.8. The zero-order valence-electron chi connectivity index (χ0n) is 60.4. The quantitative estimate of drug-likeness (QED) is 0.0120. The minimum atomic E-state index is -1.17. The van der Waals surface area contributed by atoms with E-state index in [9.17, 15) is 53.1 Å². The van der Waals surface area contributed by atoms with Crippen molar-refractivity contribution in [2.75, 3.05) is 140 Å². The third-order valence-electron chi connectivity index (χ3n) is 13.1. The molecule has 2 unspecified atom stereocenters. The maximum absolute atomic E-state index is 11.7. The molecule has 24 nitrogen and oxygen atoms in total. The number of hydrogen-bond acceptors (Lipinski definition) is 16. The van der Waals surface area contributed by atoms with Crippen LogP contribution in [0.3, 0.4) is 0 Å². The van der Waals surface area contributed by atoms with Crippen molar-refractivity contribution < 1.29 is 134 Å². The SMILES string of the molecule is C[N+](C)(C)CCS.C[N+](C)(C)CCS.C[N+](C)(C)CCSc1c2ccccc2cn1C(CCC(=O)O)C(=O)O.C[N+](C)(C)CCSc1c2ccccc2cn1CCCC(=O)O.Cl.NC(CCC(=O)O)C(=O)O.NCCCC(=O)O.O=Cc1ccccc1C=O.O=Cc1ccccc1C=O.[Cl-].[Cl-].[Cl-]. The number of fused-ring (bicyclic) bond motifs is 2. The van der Waals surface area contributed by atoms with Gasteiger partial charge in [-0.25, -0.2) is 4.79 Å². The van der Waals surface area contributed by atoms with E-state index in [4.69, 9.17) is 37.0 Å². The number of aliphatic carboxylic acids is 6. The molecule has 0 amide bonds. The van der Waals surface area contributed by atoms with E-state index in [-0.39, 0.29) is 88.2 Å². The summed E-state index contributed by atoms with van der Waals surface area (Å²) in [6, 6.07) is 27.5. The Balaban J connectivity index is -0.000000271. The Morgan fingerprint density at radius 1 is 0.461 bits per heavy atom. The minimum Gasteiger partial charge on any atom is -1.00 e. The number of quaternary nitrogens is 4. The number of rotatable bonds is 32. The van der Waals surface area contributed by atoms with Crippen LogP contribution in [0.25, 0.3) is 21.5 Å². The fraction of sp³-hybridized carbons (Fsp3) is 0.457. The molecule has 2 aromatic heterocycles. The normalized spacial score (nSPS) is 11.0. The molecule has 6 rings (SSSR count). The van der Waals surface area contributed by atoms with Crippen LogP contribution in [0.15, 0.2) is 120 Å². The molecule has 2 heterocycles. The van der Waals surface area contributed by atoms with Gasteiger partial charge in [-0.15, -0.1) is 35.9 Å². The number of benzene rings is 4. The zero-order chi connectivity index (χ0) is 75.2. The van der Waals surface area contributed by atoms with E-state index in [1.807, 2.05) is 48.3 Å². The van der Waals surface area contributed by atoms with Gasteiger partial charge in [0, 0.05) is 111 Å². The minimum absolute atomic E-state index is 0. The fourth-order valence-electron chi connectivity index (χ4n) is 7.63. The number of aromatic nitrogens is 2. The highest BCUT2D eigenvalue weighted by molar-refractivity contribution is 7.99. The number of aryl methyl sites for hydroxylation is 1. The summed E-state index contributed by atoms with van der Waals surface area (Å²) in [7, 11) is 25.9. The van der Waals surface area contributed by atoms with Crippen LogP contribution in [0.1, 0.15) is 98.8 Å². The molecule has 0 fully saturated rings. The van der Waals surface area contributed by atoms with Gasteiger partial charge in [-0.1, -0.05) is 97.1 Å². The van der Waals surface area contributed by atoms with Gasteiger partial charge in [0.1, 0.15) is 12.1 Å². The maximum Gasteiger partial charge on any atom is 0.326 e. The molecule has 102 heavy (non-hydrogen) atoms. The number of halogens is 4. The summed E-state index contributed by atoms with van der Waals surface area (Å²) in [5.41, 5.74) is 11.8. The first-order chi connectivity index (χ1) is 45.7. The third kappa shape index (κ3) is 52.7. The van der Waals surface area contributed by atoms with Crippen molar-refractivity contribution in [3.8, 4) is 0 Å². The van der Waals surface area contributed by atoms with E-state index >= 15 is 0 Å². The first kappa shape index (κ1) is 107. The number of carboxylic acids is 6. The van der Waals surface area contributed by atoms with Crippen molar-refractivity contribution in [2.24, 2.45) is 11.5 Å². The lowest BCUT2D eigenvalue weighted by atomic mass is 10.1. The zero-order valence-corrected chi connectivity index (χ0v) is 66.9. The number of aldehydes is 4. The van der Waals surface area contributed by atoms with Gasteiger partial charge < -0.3 is 106 Å². The summed E-state index contributed by atoms with van der Waals surface area (Å²) in [5.74, 6) is -1.83. The molecule has 0 aliphatic heterocycles. The van der Waals surface area contributed by atoms with Crippen molar-refractivity contribution in [3.63, 3.8) is 0 Å². The predicted octanol–water partition coefficient (Wildman–Crippen LogP) is 0.609. The average molecular weight is 1590 g/mol. The van der Waals surface area contributed by atoms with Crippen LogP contribution in [-0.4, -0.2) is 265 Å². The van der Waals surface area contributed by atoms with Gasteiger partial charge >= 0.3 is 35.8 Å². The number of carbonyl (C=O) groups is 10. The fourth-order valence-corrected chi connectivity index (χ4v) is 11.8. The molecular weight excluding hydrogens is 1480 g/mol. The lowest BCUT2D eigenvalue weighted by molar-refractivity contribution is -0.867. The summed E-state index contributed by atoms with van der Waals surface area (Å²) in [6.45, 7) is 5.54. The van der Waals surface area contributed by atoms with Crippen molar-refractivity contribution >= 4 is 144 Å². The lowest BCUT2D eigenvalue weighted by Crippen LogP contribution is -3.00. The van der Waals surface area contributed by atoms with Crippen molar-refractivity contribution in [3.05, 3.63) is 132 Å². The molecule has 576 valence electrons. The molecule has 2 atom stereocenters. The second-order valence-corrected chi connectivity index (χ2v) is 29.1. The highest BCUT2D eigenvalue weighted by Crippen LogP contribution is 2.35. The number of thiol groups is 2. The Labute approximate surface area is 645 Å². The predicted molar refractivity (Wildman–Crippen MR) is 405 cm³/mol.